The van der Waals surface area contributed by atoms with Crippen LogP contribution in [0, 0.1) is 0 Å². The average Bonchev–Trinajstić information content (AvgIpc) is 2.68. The number of nitrogens with zero attached hydrogens (tertiary/aromatic N) is 3. The van der Waals surface area contributed by atoms with Crippen molar-refractivity contribution < 1.29 is 14.4 Å². The molecule has 1 aromatic rings. The third-order valence-corrected chi connectivity index (χ3v) is 4.93. The van der Waals surface area contributed by atoms with Gasteiger partial charge in [-0.2, -0.15) is 0 Å². The van der Waals surface area contributed by atoms with Gasteiger partial charge in [0, 0.05) is 56.9 Å². The number of anilines is 1. The first-order chi connectivity index (χ1) is 12.6. The minimum Gasteiger partial charge on any atom is -0.338 e. The zero-order valence-electron chi connectivity index (χ0n) is 15.2. The van der Waals surface area contributed by atoms with Crippen LogP contribution in [-0.2, 0) is 4.79 Å². The molecule has 7 nitrogen and oxygen atoms in total. The summed E-state index contributed by atoms with van der Waals surface area (Å²) in [6.45, 7) is 5.37. The van der Waals surface area contributed by atoms with E-state index in [0.29, 0.717) is 44.7 Å². The van der Waals surface area contributed by atoms with Crippen molar-refractivity contribution in [3.8, 4) is 0 Å². The lowest BCUT2D eigenvalue weighted by atomic mass is 10.1. The Morgan fingerprint density at radius 3 is 2.23 bits per heavy atom. The Balaban J connectivity index is 1.59. The highest BCUT2D eigenvalue weighted by atomic mass is 16.2. The first-order valence-electron chi connectivity index (χ1n) is 9.32. The van der Waals surface area contributed by atoms with Gasteiger partial charge in [-0.15, -0.1) is 0 Å². The molecule has 26 heavy (non-hydrogen) atoms. The van der Waals surface area contributed by atoms with Crippen LogP contribution in [0.3, 0.4) is 0 Å². The lowest BCUT2D eigenvalue weighted by molar-refractivity contribution is -0.119. The molecule has 2 heterocycles. The van der Waals surface area contributed by atoms with Gasteiger partial charge in [-0.25, -0.2) is 4.79 Å². The molecule has 2 saturated heterocycles. The third-order valence-electron chi connectivity index (χ3n) is 4.93. The molecule has 0 atom stereocenters. The van der Waals surface area contributed by atoms with Crippen molar-refractivity contribution in [2.24, 2.45) is 0 Å². The van der Waals surface area contributed by atoms with E-state index < -0.39 is 0 Å². The van der Waals surface area contributed by atoms with Gasteiger partial charge in [-0.1, -0.05) is 0 Å². The first-order valence-corrected chi connectivity index (χ1v) is 9.32. The number of carbonyl (C=O) groups excluding carboxylic acids is 3. The summed E-state index contributed by atoms with van der Waals surface area (Å²) < 4.78 is 0. The second kappa shape index (κ2) is 8.21. The summed E-state index contributed by atoms with van der Waals surface area (Å²) in [5.41, 5.74) is 1.47. The molecule has 2 aliphatic heterocycles. The van der Waals surface area contributed by atoms with Gasteiger partial charge in [0.05, 0.1) is 0 Å². The smallest absolute Gasteiger partial charge is 0.317 e. The van der Waals surface area contributed by atoms with E-state index in [1.807, 2.05) is 19.1 Å². The molecule has 1 N–H and O–H groups in total. The Morgan fingerprint density at radius 2 is 1.62 bits per heavy atom. The molecule has 0 aliphatic carbocycles. The van der Waals surface area contributed by atoms with Crippen LogP contribution in [-0.4, -0.2) is 66.9 Å². The molecule has 0 bridgehead atoms. The predicted molar refractivity (Wildman–Crippen MR) is 99.2 cm³/mol. The summed E-state index contributed by atoms with van der Waals surface area (Å²) >= 11 is 0. The summed E-state index contributed by atoms with van der Waals surface area (Å²) in [6.07, 6.45) is 2.56. The second-order valence-corrected chi connectivity index (χ2v) is 6.66. The summed E-state index contributed by atoms with van der Waals surface area (Å²) in [6, 6.07) is 7.20. The molecule has 0 aromatic heterocycles. The van der Waals surface area contributed by atoms with E-state index in [2.05, 4.69) is 5.32 Å². The second-order valence-electron chi connectivity index (χ2n) is 6.66. The van der Waals surface area contributed by atoms with Gasteiger partial charge in [0.25, 0.3) is 5.91 Å². The Kier molecular flexibility index (Phi) is 5.75. The molecular formula is C19H26N4O3. The fraction of sp³-hybridized carbons (Fsp3) is 0.526. The minimum absolute atomic E-state index is 0.0305. The largest absolute Gasteiger partial charge is 0.338 e. The molecule has 0 saturated carbocycles. The molecule has 0 spiro atoms. The number of hydrogen-bond acceptors (Lipinski definition) is 3. The average molecular weight is 358 g/mol. The highest BCUT2D eigenvalue weighted by molar-refractivity contribution is 5.97. The lowest BCUT2D eigenvalue weighted by Crippen LogP contribution is -2.53. The molecular weight excluding hydrogens is 332 g/mol. The number of piperidine rings is 1. The van der Waals surface area contributed by atoms with Crippen LogP contribution in [0.2, 0.25) is 0 Å². The molecule has 4 amide bonds. The van der Waals surface area contributed by atoms with Crippen LogP contribution in [0.15, 0.2) is 24.3 Å². The third kappa shape index (κ3) is 3.98. The number of nitrogens with one attached hydrogen (secondary N) is 1. The summed E-state index contributed by atoms with van der Waals surface area (Å²) in [5, 5.41) is 2.78. The zero-order chi connectivity index (χ0) is 18.5. The SMILES string of the molecule is CCNC(=O)N1CCN(C(=O)c2ccc(N3CCCCC3=O)cc2)CC1. The predicted octanol–water partition coefficient (Wildman–Crippen LogP) is 1.69. The number of rotatable bonds is 3. The van der Waals surface area contributed by atoms with Gasteiger partial charge in [0.1, 0.15) is 0 Å². The number of amides is 4. The number of benzene rings is 1. The molecule has 3 rings (SSSR count). The number of hydrogen-bond donors (Lipinski definition) is 1. The lowest BCUT2D eigenvalue weighted by Gasteiger charge is -2.34. The van der Waals surface area contributed by atoms with E-state index in [4.69, 9.17) is 0 Å². The maximum atomic E-state index is 12.7. The molecule has 0 radical (unpaired) electrons. The van der Waals surface area contributed by atoms with Crippen LogP contribution in [0.1, 0.15) is 36.5 Å². The highest BCUT2D eigenvalue weighted by Crippen LogP contribution is 2.22. The van der Waals surface area contributed by atoms with Crippen molar-refractivity contribution in [1.29, 1.82) is 0 Å². The molecule has 7 heteroatoms. The van der Waals surface area contributed by atoms with Crippen LogP contribution in [0.5, 0.6) is 0 Å². The standard InChI is InChI=1S/C19H26N4O3/c1-2-20-19(26)22-13-11-21(12-14-22)18(25)15-6-8-16(9-7-15)23-10-4-3-5-17(23)24/h6-9H,2-5,10-14H2,1H3,(H,20,26). The zero-order valence-corrected chi connectivity index (χ0v) is 15.2. The fourth-order valence-electron chi connectivity index (χ4n) is 3.42. The van der Waals surface area contributed by atoms with Crippen LogP contribution < -0.4 is 10.2 Å². The Morgan fingerprint density at radius 1 is 0.962 bits per heavy atom. The van der Waals surface area contributed by atoms with Gasteiger partial charge in [0.2, 0.25) is 5.91 Å². The Bertz CT molecular complexity index is 666. The van der Waals surface area contributed by atoms with Crippen molar-refractivity contribution in [2.75, 3.05) is 44.2 Å². The van der Waals surface area contributed by atoms with Gasteiger partial charge in [0.15, 0.2) is 0 Å². The normalized spacial score (nSPS) is 18.0. The van der Waals surface area contributed by atoms with Crippen molar-refractivity contribution in [2.45, 2.75) is 26.2 Å². The van der Waals surface area contributed by atoms with Crippen molar-refractivity contribution in [1.82, 2.24) is 15.1 Å². The van der Waals surface area contributed by atoms with E-state index in [-0.39, 0.29) is 17.8 Å². The summed E-state index contributed by atoms with van der Waals surface area (Å²) in [7, 11) is 0. The van der Waals surface area contributed by atoms with Crippen molar-refractivity contribution in [3.05, 3.63) is 29.8 Å². The van der Waals surface area contributed by atoms with E-state index in [1.54, 1.807) is 26.8 Å². The van der Waals surface area contributed by atoms with E-state index in [0.717, 1.165) is 25.1 Å². The van der Waals surface area contributed by atoms with E-state index >= 15 is 0 Å². The quantitative estimate of drug-likeness (QED) is 0.894. The van der Waals surface area contributed by atoms with Crippen molar-refractivity contribution in [3.63, 3.8) is 0 Å². The summed E-state index contributed by atoms with van der Waals surface area (Å²) in [5.74, 6) is 0.119. The van der Waals surface area contributed by atoms with Crippen molar-refractivity contribution >= 4 is 23.5 Å². The maximum Gasteiger partial charge on any atom is 0.317 e. The van der Waals surface area contributed by atoms with E-state index in [1.165, 1.54) is 0 Å². The van der Waals surface area contributed by atoms with Crippen LogP contribution in [0.4, 0.5) is 10.5 Å². The maximum absolute atomic E-state index is 12.7. The molecule has 1 aromatic carbocycles. The fourth-order valence-corrected chi connectivity index (χ4v) is 3.42. The Hall–Kier alpha value is -2.57. The number of carbonyl (C=O) groups is 3. The van der Waals surface area contributed by atoms with Gasteiger partial charge >= 0.3 is 6.03 Å². The Labute approximate surface area is 153 Å². The molecule has 140 valence electrons. The minimum atomic E-state index is -0.0739. The number of piperazine rings is 1. The topological polar surface area (TPSA) is 73.0 Å². The molecule has 2 fully saturated rings. The van der Waals surface area contributed by atoms with E-state index in [9.17, 15) is 14.4 Å². The first kappa shape index (κ1) is 18.2. The highest BCUT2D eigenvalue weighted by Gasteiger charge is 2.25. The van der Waals surface area contributed by atoms with Crippen LogP contribution >= 0.6 is 0 Å². The summed E-state index contributed by atoms with van der Waals surface area (Å²) in [4.78, 5) is 41.8. The molecule has 0 unspecified atom stereocenters. The van der Waals surface area contributed by atoms with Gasteiger partial charge in [-0.3, -0.25) is 9.59 Å². The van der Waals surface area contributed by atoms with Crippen LogP contribution in [0.25, 0.3) is 0 Å². The number of urea groups is 1. The molecule has 2 aliphatic rings. The van der Waals surface area contributed by atoms with Gasteiger partial charge in [-0.05, 0) is 44.0 Å². The van der Waals surface area contributed by atoms with Gasteiger partial charge < -0.3 is 20.0 Å². The monoisotopic (exact) mass is 358 g/mol.